The Morgan fingerprint density at radius 2 is 2.08 bits per heavy atom. The molecule has 2 rings (SSSR count). The van der Waals surface area contributed by atoms with Crippen LogP contribution in [0.15, 0.2) is 35.4 Å². The smallest absolute Gasteiger partial charge is 0.263 e. The van der Waals surface area contributed by atoms with Crippen molar-refractivity contribution in [2.24, 2.45) is 5.92 Å². The second kappa shape index (κ2) is 7.77. The zero-order valence-corrected chi connectivity index (χ0v) is 14.5. The van der Waals surface area contributed by atoms with Gasteiger partial charge in [0.05, 0.1) is 13.3 Å². The average Bonchev–Trinajstić information content (AvgIpc) is 2.54. The van der Waals surface area contributed by atoms with E-state index in [1.165, 1.54) is 6.20 Å². The third kappa shape index (κ3) is 4.22. The van der Waals surface area contributed by atoms with Crippen molar-refractivity contribution in [2.75, 3.05) is 12.4 Å². The number of amides is 1. The van der Waals surface area contributed by atoms with Gasteiger partial charge in [0.25, 0.3) is 11.5 Å². The summed E-state index contributed by atoms with van der Waals surface area (Å²) in [6.45, 7) is 6.55. The Morgan fingerprint density at radius 3 is 2.67 bits per heavy atom. The molecule has 0 saturated carbocycles. The highest BCUT2D eigenvalue weighted by molar-refractivity contribution is 6.04. The van der Waals surface area contributed by atoms with E-state index in [4.69, 9.17) is 4.74 Å². The average molecular weight is 329 g/mol. The minimum absolute atomic E-state index is 0.152. The Balaban J connectivity index is 2.24. The number of nitrogens with one attached hydrogen (secondary N) is 1. The maximum Gasteiger partial charge on any atom is 0.263 e. The van der Waals surface area contributed by atoms with Crippen molar-refractivity contribution < 1.29 is 9.53 Å². The van der Waals surface area contributed by atoms with Crippen LogP contribution < -0.4 is 15.6 Å². The van der Waals surface area contributed by atoms with Gasteiger partial charge in [-0.25, -0.2) is 4.98 Å². The van der Waals surface area contributed by atoms with Gasteiger partial charge in [-0.05, 0) is 43.0 Å². The van der Waals surface area contributed by atoms with E-state index in [0.717, 1.165) is 6.42 Å². The van der Waals surface area contributed by atoms with E-state index in [2.05, 4.69) is 24.1 Å². The van der Waals surface area contributed by atoms with Crippen LogP contribution in [0.1, 0.15) is 36.2 Å². The minimum atomic E-state index is -0.450. The van der Waals surface area contributed by atoms with Gasteiger partial charge in [0.15, 0.2) is 0 Å². The molecule has 6 nitrogen and oxygen atoms in total. The van der Waals surface area contributed by atoms with Gasteiger partial charge in [0, 0.05) is 12.7 Å². The van der Waals surface area contributed by atoms with Crippen molar-refractivity contribution in [3.8, 4) is 5.75 Å². The van der Waals surface area contributed by atoms with Crippen LogP contribution in [-0.4, -0.2) is 22.6 Å². The molecular weight excluding hydrogens is 306 g/mol. The molecule has 24 heavy (non-hydrogen) atoms. The van der Waals surface area contributed by atoms with Crippen molar-refractivity contribution >= 4 is 11.7 Å². The summed E-state index contributed by atoms with van der Waals surface area (Å²) < 4.78 is 6.62. The Bertz CT molecular complexity index is 764. The van der Waals surface area contributed by atoms with Crippen LogP contribution in [0.4, 0.5) is 5.82 Å². The van der Waals surface area contributed by atoms with Gasteiger partial charge in [-0.15, -0.1) is 0 Å². The highest BCUT2D eigenvalue weighted by Crippen LogP contribution is 2.13. The fourth-order valence-corrected chi connectivity index (χ4v) is 2.27. The highest BCUT2D eigenvalue weighted by Gasteiger charge is 2.16. The van der Waals surface area contributed by atoms with Crippen LogP contribution in [0.2, 0.25) is 0 Å². The summed E-state index contributed by atoms with van der Waals surface area (Å²) in [5.41, 5.74) is 0.521. The molecule has 0 spiro atoms. The van der Waals surface area contributed by atoms with Crippen LogP contribution in [0.25, 0.3) is 0 Å². The van der Waals surface area contributed by atoms with Gasteiger partial charge in [-0.1, -0.05) is 13.8 Å². The number of rotatable bonds is 6. The Hall–Kier alpha value is -2.63. The van der Waals surface area contributed by atoms with Crippen LogP contribution >= 0.6 is 0 Å². The second-order valence-electron chi connectivity index (χ2n) is 6.09. The predicted molar refractivity (Wildman–Crippen MR) is 93.6 cm³/mol. The van der Waals surface area contributed by atoms with E-state index in [9.17, 15) is 9.59 Å². The maximum absolute atomic E-state index is 12.6. The number of ether oxygens (including phenoxy) is 1. The van der Waals surface area contributed by atoms with E-state index < -0.39 is 5.91 Å². The van der Waals surface area contributed by atoms with Crippen molar-refractivity contribution in [2.45, 2.75) is 33.7 Å². The molecule has 0 aliphatic heterocycles. The number of hydrogen-bond donors (Lipinski definition) is 1. The Kier molecular flexibility index (Phi) is 5.73. The zero-order valence-electron chi connectivity index (χ0n) is 14.5. The van der Waals surface area contributed by atoms with Crippen molar-refractivity contribution in [3.63, 3.8) is 0 Å². The van der Waals surface area contributed by atoms with Crippen LogP contribution in [0.5, 0.6) is 5.75 Å². The number of carbonyl (C=O) groups excluding carboxylic acids is 1. The first-order valence-electron chi connectivity index (χ1n) is 7.93. The first-order valence-corrected chi connectivity index (χ1v) is 7.93. The summed E-state index contributed by atoms with van der Waals surface area (Å²) in [6, 6.07) is 5.12. The molecule has 0 saturated heterocycles. The maximum atomic E-state index is 12.6. The van der Waals surface area contributed by atoms with Gasteiger partial charge in [0.1, 0.15) is 17.1 Å². The molecule has 0 aromatic carbocycles. The lowest BCUT2D eigenvalue weighted by molar-refractivity contribution is 0.102. The van der Waals surface area contributed by atoms with E-state index >= 15 is 0 Å². The van der Waals surface area contributed by atoms with Crippen LogP contribution in [0, 0.1) is 12.8 Å². The number of aromatic nitrogens is 2. The summed E-state index contributed by atoms with van der Waals surface area (Å²) in [7, 11) is 1.54. The molecule has 2 heterocycles. The molecule has 1 N–H and O–H groups in total. The fraction of sp³-hybridized carbons (Fsp3) is 0.389. The van der Waals surface area contributed by atoms with Gasteiger partial charge < -0.3 is 14.6 Å². The normalized spacial score (nSPS) is 10.7. The molecule has 0 bridgehead atoms. The lowest BCUT2D eigenvalue weighted by atomic mass is 10.1. The molecule has 0 aliphatic carbocycles. The number of methoxy groups -OCH3 is 1. The second-order valence-corrected chi connectivity index (χ2v) is 6.09. The Labute approximate surface area is 141 Å². The molecular formula is C18H23N3O3. The predicted octanol–water partition coefficient (Wildman–Crippen LogP) is 2.86. The van der Waals surface area contributed by atoms with Crippen LogP contribution in [0.3, 0.4) is 0 Å². The summed E-state index contributed by atoms with van der Waals surface area (Å²) in [4.78, 5) is 29.2. The first-order chi connectivity index (χ1) is 11.4. The molecule has 0 fully saturated rings. The number of anilines is 1. The van der Waals surface area contributed by atoms with Gasteiger partial charge >= 0.3 is 0 Å². The van der Waals surface area contributed by atoms with Gasteiger partial charge in [0.2, 0.25) is 0 Å². The lowest BCUT2D eigenvalue weighted by Gasteiger charge is -2.12. The molecule has 0 radical (unpaired) electrons. The topological polar surface area (TPSA) is 73.2 Å². The third-order valence-electron chi connectivity index (χ3n) is 3.76. The summed E-state index contributed by atoms with van der Waals surface area (Å²) in [6.07, 6.45) is 4.13. The lowest BCUT2D eigenvalue weighted by Crippen LogP contribution is -2.30. The molecule has 2 aromatic rings. The quantitative estimate of drug-likeness (QED) is 0.884. The molecule has 128 valence electrons. The summed E-state index contributed by atoms with van der Waals surface area (Å²) in [5.74, 6) is 1.00. The van der Waals surface area contributed by atoms with Crippen molar-refractivity contribution in [1.82, 2.24) is 9.55 Å². The zero-order chi connectivity index (χ0) is 17.7. The van der Waals surface area contributed by atoms with Gasteiger partial charge in [-0.2, -0.15) is 0 Å². The molecule has 1 amide bonds. The Morgan fingerprint density at radius 1 is 1.33 bits per heavy atom. The SMILES string of the molecule is COc1ccc(NC(=O)c2c(C)ccn(CCC(C)C)c2=O)nc1. The van der Waals surface area contributed by atoms with E-state index in [0.29, 0.717) is 29.6 Å². The molecule has 0 atom stereocenters. The van der Waals surface area contributed by atoms with Crippen molar-refractivity contribution in [1.29, 1.82) is 0 Å². The number of nitrogens with zero attached hydrogens (tertiary/aromatic N) is 2. The standard InChI is InChI=1S/C18H23N3O3/c1-12(2)7-9-21-10-8-13(3)16(18(21)23)17(22)20-15-6-5-14(24-4)11-19-15/h5-6,8,10-12H,7,9H2,1-4H3,(H,19,20,22). The number of carbonyl (C=O) groups is 1. The van der Waals surface area contributed by atoms with E-state index in [1.807, 2.05) is 0 Å². The van der Waals surface area contributed by atoms with Gasteiger partial charge in [-0.3, -0.25) is 9.59 Å². The van der Waals surface area contributed by atoms with E-state index in [-0.39, 0.29) is 11.1 Å². The van der Waals surface area contributed by atoms with Crippen LogP contribution in [-0.2, 0) is 6.54 Å². The molecule has 0 unspecified atom stereocenters. The molecule has 2 aromatic heterocycles. The fourth-order valence-electron chi connectivity index (χ4n) is 2.27. The third-order valence-corrected chi connectivity index (χ3v) is 3.76. The summed E-state index contributed by atoms with van der Waals surface area (Å²) >= 11 is 0. The highest BCUT2D eigenvalue weighted by atomic mass is 16.5. The van der Waals surface area contributed by atoms with Crippen molar-refractivity contribution in [3.05, 3.63) is 52.1 Å². The number of hydrogen-bond acceptors (Lipinski definition) is 4. The van der Waals surface area contributed by atoms with E-state index in [1.54, 1.807) is 43.0 Å². The molecule has 6 heteroatoms. The minimum Gasteiger partial charge on any atom is -0.495 e. The monoisotopic (exact) mass is 329 g/mol. The number of pyridine rings is 2. The molecule has 0 aliphatic rings. The number of aryl methyl sites for hydroxylation is 2. The first kappa shape index (κ1) is 17.7. The largest absolute Gasteiger partial charge is 0.495 e. The summed E-state index contributed by atoms with van der Waals surface area (Å²) in [5, 5.41) is 2.66.